The average molecular weight is 200 g/mol. The van der Waals surface area contributed by atoms with Crippen molar-refractivity contribution in [1.29, 1.82) is 0 Å². The third-order valence-electron chi connectivity index (χ3n) is 3.41. The van der Waals surface area contributed by atoms with Gasteiger partial charge in [0.05, 0.1) is 11.7 Å². The average Bonchev–Trinajstić information content (AvgIpc) is 2.14. The Morgan fingerprint density at radius 2 is 2.07 bits per heavy atom. The van der Waals surface area contributed by atoms with Crippen LogP contribution in [0.3, 0.4) is 0 Å². The quantitative estimate of drug-likeness (QED) is 0.656. The molecule has 0 aliphatic heterocycles. The van der Waals surface area contributed by atoms with Crippen molar-refractivity contribution in [3.05, 3.63) is 12.2 Å². The summed E-state index contributed by atoms with van der Waals surface area (Å²) in [6, 6.07) is 0. The van der Waals surface area contributed by atoms with Crippen LogP contribution in [-0.4, -0.2) is 35.1 Å². The molecular weight excluding hydrogens is 180 g/mol. The van der Waals surface area contributed by atoms with E-state index >= 15 is 0 Å². The monoisotopic (exact) mass is 200 g/mol. The van der Waals surface area contributed by atoms with Gasteiger partial charge in [-0.05, 0) is 26.7 Å². The lowest BCUT2D eigenvalue weighted by atomic mass is 9.73. The zero-order chi connectivity index (χ0) is 10.9. The Labute approximate surface area is 85.4 Å². The van der Waals surface area contributed by atoms with Crippen molar-refractivity contribution < 1.29 is 14.9 Å². The summed E-state index contributed by atoms with van der Waals surface area (Å²) in [5.41, 5.74) is 0.306. The van der Waals surface area contributed by atoms with Crippen LogP contribution in [0, 0.1) is 5.92 Å². The Bertz CT molecular complexity index is 227. The SMILES string of the molecule is C=C(C)[C@H]1CC[C@@](C)(OC)[C@H](O)[C@@H]1O. The molecule has 0 spiro atoms. The minimum Gasteiger partial charge on any atom is -0.390 e. The summed E-state index contributed by atoms with van der Waals surface area (Å²) in [4.78, 5) is 0. The highest BCUT2D eigenvalue weighted by molar-refractivity contribution is 5.08. The molecule has 1 rings (SSSR count). The minimum atomic E-state index is -0.831. The molecule has 0 saturated heterocycles. The van der Waals surface area contributed by atoms with Crippen molar-refractivity contribution in [3.63, 3.8) is 0 Å². The zero-order valence-corrected chi connectivity index (χ0v) is 9.16. The van der Waals surface area contributed by atoms with Crippen LogP contribution < -0.4 is 0 Å². The van der Waals surface area contributed by atoms with Crippen molar-refractivity contribution in [2.75, 3.05) is 7.11 Å². The molecule has 4 atom stereocenters. The van der Waals surface area contributed by atoms with Crippen LogP contribution in [0.1, 0.15) is 26.7 Å². The van der Waals surface area contributed by atoms with Gasteiger partial charge in [0.1, 0.15) is 6.10 Å². The highest BCUT2D eigenvalue weighted by Gasteiger charge is 2.45. The molecule has 0 unspecified atom stereocenters. The fourth-order valence-corrected chi connectivity index (χ4v) is 2.10. The highest BCUT2D eigenvalue weighted by Crippen LogP contribution is 2.37. The molecule has 0 radical (unpaired) electrons. The predicted octanol–water partition coefficient (Wildman–Crippen LogP) is 1.10. The fourth-order valence-electron chi connectivity index (χ4n) is 2.10. The third kappa shape index (κ3) is 1.85. The van der Waals surface area contributed by atoms with E-state index in [1.807, 2.05) is 13.8 Å². The molecule has 0 aromatic carbocycles. The molecule has 3 nitrogen and oxygen atoms in total. The van der Waals surface area contributed by atoms with E-state index in [0.717, 1.165) is 18.4 Å². The lowest BCUT2D eigenvalue weighted by molar-refractivity contribution is -0.169. The highest BCUT2D eigenvalue weighted by atomic mass is 16.5. The van der Waals surface area contributed by atoms with Crippen LogP contribution in [-0.2, 0) is 4.74 Å². The van der Waals surface area contributed by atoms with E-state index in [1.165, 1.54) is 0 Å². The molecule has 1 fully saturated rings. The summed E-state index contributed by atoms with van der Waals surface area (Å²) >= 11 is 0. The Hall–Kier alpha value is -0.380. The first kappa shape index (κ1) is 11.7. The van der Waals surface area contributed by atoms with Gasteiger partial charge in [0, 0.05) is 13.0 Å². The largest absolute Gasteiger partial charge is 0.390 e. The van der Waals surface area contributed by atoms with Gasteiger partial charge in [0.15, 0.2) is 0 Å². The summed E-state index contributed by atoms with van der Waals surface area (Å²) < 4.78 is 5.25. The minimum absolute atomic E-state index is 0.00627. The Morgan fingerprint density at radius 3 is 2.50 bits per heavy atom. The molecule has 14 heavy (non-hydrogen) atoms. The first-order valence-corrected chi connectivity index (χ1v) is 4.99. The Kier molecular flexibility index (Phi) is 3.35. The van der Waals surface area contributed by atoms with Crippen LogP contribution in [0.2, 0.25) is 0 Å². The van der Waals surface area contributed by atoms with E-state index in [-0.39, 0.29) is 5.92 Å². The second-order valence-corrected chi connectivity index (χ2v) is 4.44. The van der Waals surface area contributed by atoms with E-state index in [2.05, 4.69) is 6.58 Å². The molecule has 1 aliphatic carbocycles. The van der Waals surface area contributed by atoms with Crippen LogP contribution in [0.25, 0.3) is 0 Å². The van der Waals surface area contributed by atoms with Gasteiger partial charge < -0.3 is 14.9 Å². The summed E-state index contributed by atoms with van der Waals surface area (Å²) in [6.45, 7) is 7.54. The molecule has 1 aliphatic rings. The van der Waals surface area contributed by atoms with Gasteiger partial charge in [-0.3, -0.25) is 0 Å². The molecule has 0 aromatic heterocycles. The molecule has 0 bridgehead atoms. The van der Waals surface area contributed by atoms with E-state index in [0.29, 0.717) is 0 Å². The first-order valence-electron chi connectivity index (χ1n) is 4.99. The van der Waals surface area contributed by atoms with Crippen molar-refractivity contribution >= 4 is 0 Å². The lowest BCUT2D eigenvalue weighted by Gasteiger charge is -2.44. The third-order valence-corrected chi connectivity index (χ3v) is 3.41. The molecule has 2 N–H and O–H groups in total. The van der Waals surface area contributed by atoms with Gasteiger partial charge in [0.25, 0.3) is 0 Å². The maximum absolute atomic E-state index is 9.90. The van der Waals surface area contributed by atoms with Gasteiger partial charge >= 0.3 is 0 Å². The van der Waals surface area contributed by atoms with Crippen LogP contribution in [0.15, 0.2) is 12.2 Å². The lowest BCUT2D eigenvalue weighted by Crippen LogP contribution is -2.55. The van der Waals surface area contributed by atoms with Gasteiger partial charge in [-0.15, -0.1) is 0 Å². The standard InChI is InChI=1S/C11H20O3/c1-7(2)8-5-6-11(3,14-4)10(13)9(8)12/h8-10,12-13H,1,5-6H2,2-4H3/t8-,9-,10-,11-/m1/s1. The van der Waals surface area contributed by atoms with Gasteiger partial charge in [0.2, 0.25) is 0 Å². The molecular formula is C11H20O3. The molecule has 0 amide bonds. The van der Waals surface area contributed by atoms with E-state index in [9.17, 15) is 10.2 Å². The molecule has 1 saturated carbocycles. The molecule has 0 heterocycles. The van der Waals surface area contributed by atoms with Crippen LogP contribution >= 0.6 is 0 Å². The van der Waals surface area contributed by atoms with E-state index in [4.69, 9.17) is 4.74 Å². The second-order valence-electron chi connectivity index (χ2n) is 4.44. The van der Waals surface area contributed by atoms with E-state index in [1.54, 1.807) is 7.11 Å². The normalized spacial score (nSPS) is 43.6. The summed E-state index contributed by atoms with van der Waals surface area (Å²) in [5.74, 6) is -0.00627. The first-order chi connectivity index (χ1) is 6.42. The maximum atomic E-state index is 9.90. The topological polar surface area (TPSA) is 49.7 Å². The van der Waals surface area contributed by atoms with Crippen LogP contribution in [0.5, 0.6) is 0 Å². The Morgan fingerprint density at radius 1 is 1.50 bits per heavy atom. The van der Waals surface area contributed by atoms with E-state index < -0.39 is 17.8 Å². The maximum Gasteiger partial charge on any atom is 0.109 e. The zero-order valence-electron chi connectivity index (χ0n) is 9.16. The number of ether oxygens (including phenoxy) is 1. The van der Waals surface area contributed by atoms with Crippen molar-refractivity contribution in [2.45, 2.75) is 44.5 Å². The summed E-state index contributed by atoms with van der Waals surface area (Å²) in [5, 5.41) is 19.8. The summed E-state index contributed by atoms with van der Waals surface area (Å²) in [6.07, 6.45) is -0.0221. The molecule has 82 valence electrons. The fraction of sp³-hybridized carbons (Fsp3) is 0.818. The summed E-state index contributed by atoms with van der Waals surface area (Å²) in [7, 11) is 1.57. The number of aliphatic hydroxyl groups is 2. The number of aliphatic hydroxyl groups excluding tert-OH is 2. The van der Waals surface area contributed by atoms with Gasteiger partial charge in [-0.25, -0.2) is 0 Å². The van der Waals surface area contributed by atoms with Crippen molar-refractivity contribution in [2.24, 2.45) is 5.92 Å². The van der Waals surface area contributed by atoms with Gasteiger partial charge in [-0.1, -0.05) is 12.2 Å². The second kappa shape index (κ2) is 4.01. The smallest absolute Gasteiger partial charge is 0.109 e. The predicted molar refractivity (Wildman–Crippen MR) is 55.0 cm³/mol. The van der Waals surface area contributed by atoms with Crippen molar-refractivity contribution in [1.82, 2.24) is 0 Å². The number of hydrogen-bond acceptors (Lipinski definition) is 3. The Balaban J connectivity index is 2.79. The number of hydrogen-bond donors (Lipinski definition) is 2. The van der Waals surface area contributed by atoms with Crippen LogP contribution in [0.4, 0.5) is 0 Å². The van der Waals surface area contributed by atoms with Gasteiger partial charge in [-0.2, -0.15) is 0 Å². The van der Waals surface area contributed by atoms with Crippen molar-refractivity contribution in [3.8, 4) is 0 Å². The number of rotatable bonds is 2. The molecule has 3 heteroatoms. The molecule has 0 aromatic rings. The number of methoxy groups -OCH3 is 1.